The largest absolute Gasteiger partial charge is 0.352 e. The Labute approximate surface area is 145 Å². The van der Waals surface area contributed by atoms with E-state index in [1.807, 2.05) is 0 Å². The molecule has 3 nitrogen and oxygen atoms in total. The average Bonchev–Trinajstić information content (AvgIpc) is 2.53. The molecule has 3 heteroatoms. The number of nitrogens with one attached hydrogen (secondary N) is 1. The van der Waals surface area contributed by atoms with Crippen LogP contribution >= 0.6 is 0 Å². The van der Waals surface area contributed by atoms with E-state index in [9.17, 15) is 4.79 Å². The van der Waals surface area contributed by atoms with Gasteiger partial charge in [-0.2, -0.15) is 0 Å². The predicted molar refractivity (Wildman–Crippen MR) is 102 cm³/mol. The van der Waals surface area contributed by atoms with Crippen LogP contribution in [-0.4, -0.2) is 12.6 Å². The summed E-state index contributed by atoms with van der Waals surface area (Å²) >= 11 is 0. The fourth-order valence-corrected chi connectivity index (χ4v) is 3.06. The number of carbonyl (C=O) groups is 1. The van der Waals surface area contributed by atoms with Gasteiger partial charge < -0.3 is 11.1 Å². The molecule has 3 N–H and O–H groups in total. The molecule has 0 rings (SSSR count). The van der Waals surface area contributed by atoms with Gasteiger partial charge in [0, 0.05) is 6.54 Å². The predicted octanol–water partition coefficient (Wildman–Crippen LogP) is 6.31. The van der Waals surface area contributed by atoms with Gasteiger partial charge in [-0.15, -0.1) is 0 Å². The molecule has 0 atom stereocenters. The molecule has 23 heavy (non-hydrogen) atoms. The lowest BCUT2D eigenvalue weighted by Crippen LogP contribution is -2.29. The molecule has 138 valence electrons. The Morgan fingerprint density at radius 1 is 0.609 bits per heavy atom. The SMILES string of the molecule is CCCCCCCCCCCCCCCCCCCNC(N)=O. The summed E-state index contributed by atoms with van der Waals surface area (Å²) in [6.07, 6.45) is 23.4. The van der Waals surface area contributed by atoms with Crippen molar-refractivity contribution in [2.45, 2.75) is 116 Å². The Kier molecular flexibility index (Phi) is 18.7. The highest BCUT2D eigenvalue weighted by Crippen LogP contribution is 2.13. The van der Waals surface area contributed by atoms with E-state index in [4.69, 9.17) is 5.73 Å². The smallest absolute Gasteiger partial charge is 0.312 e. The van der Waals surface area contributed by atoms with Gasteiger partial charge in [-0.05, 0) is 6.42 Å². The number of primary amides is 1. The number of urea groups is 1. The number of rotatable bonds is 18. The van der Waals surface area contributed by atoms with Crippen LogP contribution in [0.1, 0.15) is 116 Å². The van der Waals surface area contributed by atoms with Crippen LogP contribution in [0.3, 0.4) is 0 Å². The minimum atomic E-state index is -0.401. The van der Waals surface area contributed by atoms with Gasteiger partial charge in [0.1, 0.15) is 0 Å². The van der Waals surface area contributed by atoms with Gasteiger partial charge in [-0.25, -0.2) is 4.79 Å². The van der Waals surface area contributed by atoms with Crippen molar-refractivity contribution in [1.82, 2.24) is 5.32 Å². The zero-order chi connectivity index (χ0) is 17.0. The lowest BCUT2D eigenvalue weighted by atomic mass is 10.0. The fraction of sp³-hybridized carbons (Fsp3) is 0.950. The van der Waals surface area contributed by atoms with Crippen molar-refractivity contribution in [3.63, 3.8) is 0 Å². The number of carbonyl (C=O) groups excluding carboxylic acids is 1. The molecule has 0 saturated heterocycles. The summed E-state index contributed by atoms with van der Waals surface area (Å²) in [5.74, 6) is 0. The number of hydrogen-bond donors (Lipinski definition) is 2. The van der Waals surface area contributed by atoms with Crippen LogP contribution in [0.25, 0.3) is 0 Å². The molecule has 0 fully saturated rings. The molecule has 0 aliphatic rings. The van der Waals surface area contributed by atoms with Crippen LogP contribution in [0, 0.1) is 0 Å². The van der Waals surface area contributed by atoms with Crippen LogP contribution < -0.4 is 11.1 Å². The maximum absolute atomic E-state index is 10.5. The first-order valence-corrected chi connectivity index (χ1v) is 10.3. The van der Waals surface area contributed by atoms with Crippen LogP contribution in [0.5, 0.6) is 0 Å². The maximum Gasteiger partial charge on any atom is 0.312 e. The second-order valence-electron chi connectivity index (χ2n) is 6.95. The van der Waals surface area contributed by atoms with E-state index < -0.39 is 6.03 Å². The van der Waals surface area contributed by atoms with Gasteiger partial charge >= 0.3 is 6.03 Å². The number of nitrogens with two attached hydrogens (primary N) is 1. The van der Waals surface area contributed by atoms with Gasteiger partial charge in [0.25, 0.3) is 0 Å². The lowest BCUT2D eigenvalue weighted by Gasteiger charge is -2.04. The van der Waals surface area contributed by atoms with Crippen LogP contribution in [-0.2, 0) is 0 Å². The Balaban J connectivity index is 2.96. The Hall–Kier alpha value is -0.730. The normalized spacial score (nSPS) is 10.8. The Morgan fingerprint density at radius 3 is 1.22 bits per heavy atom. The average molecular weight is 327 g/mol. The van der Waals surface area contributed by atoms with Crippen molar-refractivity contribution in [3.8, 4) is 0 Å². The molecule has 0 bridgehead atoms. The second-order valence-corrected chi connectivity index (χ2v) is 6.95. The molecule has 0 saturated carbocycles. The van der Waals surface area contributed by atoms with E-state index in [1.54, 1.807) is 0 Å². The highest BCUT2D eigenvalue weighted by atomic mass is 16.2. The summed E-state index contributed by atoms with van der Waals surface area (Å²) in [4.78, 5) is 10.5. The van der Waals surface area contributed by atoms with E-state index in [0.717, 1.165) is 13.0 Å². The third kappa shape index (κ3) is 21.3. The summed E-state index contributed by atoms with van der Waals surface area (Å²) < 4.78 is 0. The first kappa shape index (κ1) is 22.3. The third-order valence-electron chi connectivity index (χ3n) is 4.58. The summed E-state index contributed by atoms with van der Waals surface area (Å²) in [6, 6.07) is -0.401. The van der Waals surface area contributed by atoms with Crippen molar-refractivity contribution in [2.24, 2.45) is 5.73 Å². The molecule has 0 heterocycles. The molecule has 0 aromatic carbocycles. The zero-order valence-electron chi connectivity index (χ0n) is 15.7. The summed E-state index contributed by atoms with van der Waals surface area (Å²) in [5.41, 5.74) is 5.01. The second kappa shape index (κ2) is 19.3. The molecule has 0 aliphatic carbocycles. The molecule has 0 aliphatic heterocycles. The molecule has 0 unspecified atom stereocenters. The highest BCUT2D eigenvalue weighted by Gasteiger charge is 1.95. The lowest BCUT2D eigenvalue weighted by molar-refractivity contribution is 0.248. The van der Waals surface area contributed by atoms with E-state index in [0.29, 0.717) is 0 Å². The number of hydrogen-bond acceptors (Lipinski definition) is 1. The van der Waals surface area contributed by atoms with E-state index in [2.05, 4.69) is 12.2 Å². The molecule has 0 aromatic rings. The molecule has 2 amide bonds. The van der Waals surface area contributed by atoms with Crippen molar-refractivity contribution < 1.29 is 4.79 Å². The molecular weight excluding hydrogens is 284 g/mol. The van der Waals surface area contributed by atoms with E-state index in [1.165, 1.54) is 103 Å². The topological polar surface area (TPSA) is 55.1 Å². The monoisotopic (exact) mass is 326 g/mol. The zero-order valence-corrected chi connectivity index (χ0v) is 15.7. The van der Waals surface area contributed by atoms with Crippen molar-refractivity contribution in [2.75, 3.05) is 6.54 Å². The first-order valence-electron chi connectivity index (χ1n) is 10.3. The minimum Gasteiger partial charge on any atom is -0.352 e. The van der Waals surface area contributed by atoms with Gasteiger partial charge in [0.2, 0.25) is 0 Å². The fourth-order valence-electron chi connectivity index (χ4n) is 3.06. The van der Waals surface area contributed by atoms with Crippen molar-refractivity contribution >= 4 is 6.03 Å². The first-order chi connectivity index (χ1) is 11.3. The molecule has 0 radical (unpaired) electrons. The third-order valence-corrected chi connectivity index (χ3v) is 4.58. The summed E-state index contributed by atoms with van der Waals surface area (Å²) in [5, 5.41) is 2.64. The van der Waals surface area contributed by atoms with Crippen LogP contribution in [0.15, 0.2) is 0 Å². The van der Waals surface area contributed by atoms with Crippen LogP contribution in [0.2, 0.25) is 0 Å². The minimum absolute atomic E-state index is 0.401. The van der Waals surface area contributed by atoms with Gasteiger partial charge in [0.05, 0.1) is 0 Å². The Morgan fingerprint density at radius 2 is 0.913 bits per heavy atom. The van der Waals surface area contributed by atoms with Gasteiger partial charge in [-0.1, -0.05) is 110 Å². The molecule has 0 spiro atoms. The standard InChI is InChI=1S/C20H42N2O/c1-2-3-4-5-6-7-8-9-10-11-12-13-14-15-16-17-18-19-22-20(21)23/h2-19H2,1H3,(H3,21,22,23). The summed E-state index contributed by atoms with van der Waals surface area (Å²) in [6.45, 7) is 3.01. The molecule has 0 aromatic heterocycles. The van der Waals surface area contributed by atoms with E-state index >= 15 is 0 Å². The van der Waals surface area contributed by atoms with Gasteiger partial charge in [-0.3, -0.25) is 0 Å². The van der Waals surface area contributed by atoms with Gasteiger partial charge in [0.15, 0.2) is 0 Å². The van der Waals surface area contributed by atoms with Crippen LogP contribution in [0.4, 0.5) is 4.79 Å². The number of amides is 2. The van der Waals surface area contributed by atoms with E-state index in [-0.39, 0.29) is 0 Å². The number of unbranched alkanes of at least 4 members (excludes halogenated alkanes) is 16. The maximum atomic E-state index is 10.5. The van der Waals surface area contributed by atoms with Crippen molar-refractivity contribution in [3.05, 3.63) is 0 Å². The van der Waals surface area contributed by atoms with Crippen molar-refractivity contribution in [1.29, 1.82) is 0 Å². The molecular formula is C20H42N2O. The highest BCUT2D eigenvalue weighted by molar-refractivity contribution is 5.71. The Bertz CT molecular complexity index is 244. The summed E-state index contributed by atoms with van der Waals surface area (Å²) in [7, 11) is 0. The quantitative estimate of drug-likeness (QED) is 0.285.